The van der Waals surface area contributed by atoms with E-state index in [0.29, 0.717) is 6.42 Å². The molecule has 0 aliphatic rings. The highest BCUT2D eigenvalue weighted by molar-refractivity contribution is 5.21. The second kappa shape index (κ2) is 5.10. The lowest BCUT2D eigenvalue weighted by atomic mass is 10.0. The second-order valence-corrected chi connectivity index (χ2v) is 4.08. The van der Waals surface area contributed by atoms with Crippen LogP contribution in [0.25, 0.3) is 0 Å². The van der Waals surface area contributed by atoms with E-state index in [-0.39, 0.29) is 11.9 Å². The van der Waals surface area contributed by atoms with Crippen LogP contribution < -0.4 is 5.32 Å². The fourth-order valence-electron chi connectivity index (χ4n) is 1.89. The zero-order valence-corrected chi connectivity index (χ0v) is 10.0. The minimum Gasteiger partial charge on any atom is -0.313 e. The number of benzene rings is 1. The van der Waals surface area contributed by atoms with Gasteiger partial charge in [0.25, 0.3) is 0 Å². The third-order valence-electron chi connectivity index (χ3n) is 2.86. The lowest BCUT2D eigenvalue weighted by molar-refractivity contribution is 0.554. The van der Waals surface area contributed by atoms with Crippen molar-refractivity contribution >= 4 is 0 Å². The molecule has 1 aromatic carbocycles. The molecule has 0 fully saturated rings. The van der Waals surface area contributed by atoms with Crippen molar-refractivity contribution in [3.8, 4) is 0 Å². The van der Waals surface area contributed by atoms with Crippen molar-refractivity contribution in [1.82, 2.24) is 15.1 Å². The summed E-state index contributed by atoms with van der Waals surface area (Å²) >= 11 is 0. The summed E-state index contributed by atoms with van der Waals surface area (Å²) in [6.07, 6.45) is 4.37. The summed E-state index contributed by atoms with van der Waals surface area (Å²) in [7, 11) is 3.75. The van der Waals surface area contributed by atoms with Crippen LogP contribution in [-0.4, -0.2) is 16.8 Å². The zero-order valence-electron chi connectivity index (χ0n) is 10.0. The number of hydrogen-bond donors (Lipinski definition) is 1. The molecule has 1 N–H and O–H groups in total. The van der Waals surface area contributed by atoms with Crippen LogP contribution in [0.15, 0.2) is 36.7 Å². The maximum absolute atomic E-state index is 13.6. The van der Waals surface area contributed by atoms with Crippen LogP contribution >= 0.6 is 0 Å². The van der Waals surface area contributed by atoms with Crippen molar-refractivity contribution in [3.63, 3.8) is 0 Å². The average molecular weight is 233 g/mol. The van der Waals surface area contributed by atoms with E-state index in [1.165, 1.54) is 6.07 Å². The lowest BCUT2D eigenvalue weighted by Crippen LogP contribution is -2.18. The van der Waals surface area contributed by atoms with Crippen molar-refractivity contribution in [2.75, 3.05) is 7.05 Å². The number of nitrogens with one attached hydrogen (secondary N) is 1. The molecular weight excluding hydrogens is 217 g/mol. The largest absolute Gasteiger partial charge is 0.313 e. The summed E-state index contributed by atoms with van der Waals surface area (Å²) in [4.78, 5) is 0. The Labute approximate surface area is 100 Å². The molecule has 0 saturated carbocycles. The molecule has 2 rings (SSSR count). The predicted molar refractivity (Wildman–Crippen MR) is 65.1 cm³/mol. The van der Waals surface area contributed by atoms with E-state index in [4.69, 9.17) is 0 Å². The fourth-order valence-corrected chi connectivity index (χ4v) is 1.89. The standard InChI is InChI=1S/C13H16FN3/c1-15-13(11-8-16-17(2)9-11)7-10-5-3-4-6-12(10)14/h3-6,8-9,13,15H,7H2,1-2H3. The van der Waals surface area contributed by atoms with E-state index >= 15 is 0 Å². The zero-order chi connectivity index (χ0) is 12.3. The Morgan fingerprint density at radius 3 is 2.76 bits per heavy atom. The van der Waals surface area contributed by atoms with Gasteiger partial charge in [-0.1, -0.05) is 18.2 Å². The van der Waals surface area contributed by atoms with Crippen LogP contribution in [0.2, 0.25) is 0 Å². The Balaban J connectivity index is 2.18. The van der Waals surface area contributed by atoms with Crippen LogP contribution in [-0.2, 0) is 13.5 Å². The molecule has 3 nitrogen and oxygen atoms in total. The number of nitrogens with zero attached hydrogens (tertiary/aromatic N) is 2. The summed E-state index contributed by atoms with van der Waals surface area (Å²) in [6.45, 7) is 0. The van der Waals surface area contributed by atoms with Gasteiger partial charge in [0, 0.05) is 24.8 Å². The van der Waals surface area contributed by atoms with Crippen LogP contribution in [0.5, 0.6) is 0 Å². The fraction of sp³-hybridized carbons (Fsp3) is 0.308. The second-order valence-electron chi connectivity index (χ2n) is 4.08. The molecule has 0 aliphatic heterocycles. The Morgan fingerprint density at radius 1 is 1.41 bits per heavy atom. The highest BCUT2D eigenvalue weighted by Crippen LogP contribution is 2.19. The Hall–Kier alpha value is -1.68. The van der Waals surface area contributed by atoms with E-state index < -0.39 is 0 Å². The number of hydrogen-bond acceptors (Lipinski definition) is 2. The van der Waals surface area contributed by atoms with Crippen molar-refractivity contribution in [3.05, 3.63) is 53.6 Å². The molecule has 17 heavy (non-hydrogen) atoms. The first-order chi connectivity index (χ1) is 8.20. The molecule has 0 amide bonds. The van der Waals surface area contributed by atoms with Crippen LogP contribution in [0.4, 0.5) is 4.39 Å². The van der Waals surface area contributed by atoms with Crippen LogP contribution in [0.1, 0.15) is 17.2 Å². The molecule has 0 aliphatic carbocycles. The van der Waals surface area contributed by atoms with Gasteiger partial charge in [0.05, 0.1) is 6.20 Å². The lowest BCUT2D eigenvalue weighted by Gasteiger charge is -2.14. The van der Waals surface area contributed by atoms with Gasteiger partial charge in [0.2, 0.25) is 0 Å². The normalized spacial score (nSPS) is 12.6. The summed E-state index contributed by atoms with van der Waals surface area (Å²) in [5, 5.41) is 7.32. The molecule has 1 aromatic heterocycles. The van der Waals surface area contributed by atoms with Gasteiger partial charge in [-0.2, -0.15) is 5.10 Å². The highest BCUT2D eigenvalue weighted by Gasteiger charge is 2.13. The number of aryl methyl sites for hydroxylation is 1. The van der Waals surface area contributed by atoms with Gasteiger partial charge in [-0.25, -0.2) is 4.39 Å². The Bertz CT molecular complexity index is 493. The van der Waals surface area contributed by atoms with Gasteiger partial charge in [0.1, 0.15) is 5.82 Å². The van der Waals surface area contributed by atoms with Crippen molar-refractivity contribution < 1.29 is 4.39 Å². The quantitative estimate of drug-likeness (QED) is 0.876. The summed E-state index contributed by atoms with van der Waals surface area (Å²) in [6, 6.07) is 6.95. The minimum atomic E-state index is -0.156. The first kappa shape index (κ1) is 11.8. The van der Waals surface area contributed by atoms with E-state index in [1.54, 1.807) is 10.7 Å². The summed E-state index contributed by atoms with van der Waals surface area (Å²) < 4.78 is 15.3. The molecule has 1 unspecified atom stereocenters. The van der Waals surface area contributed by atoms with E-state index in [2.05, 4.69) is 10.4 Å². The van der Waals surface area contributed by atoms with Gasteiger partial charge in [-0.05, 0) is 25.1 Å². The van der Waals surface area contributed by atoms with Gasteiger partial charge in [-0.15, -0.1) is 0 Å². The first-order valence-electron chi connectivity index (χ1n) is 5.60. The van der Waals surface area contributed by atoms with Crippen LogP contribution in [0.3, 0.4) is 0 Å². The smallest absolute Gasteiger partial charge is 0.126 e. The molecule has 2 aromatic rings. The van der Waals surface area contributed by atoms with Gasteiger partial charge in [0.15, 0.2) is 0 Å². The monoisotopic (exact) mass is 233 g/mol. The van der Waals surface area contributed by atoms with Gasteiger partial charge in [-0.3, -0.25) is 4.68 Å². The van der Waals surface area contributed by atoms with E-state index in [0.717, 1.165) is 11.1 Å². The molecule has 0 spiro atoms. The topological polar surface area (TPSA) is 29.9 Å². The third-order valence-corrected chi connectivity index (χ3v) is 2.86. The minimum absolute atomic E-state index is 0.0839. The van der Waals surface area contributed by atoms with Gasteiger partial charge < -0.3 is 5.32 Å². The van der Waals surface area contributed by atoms with Gasteiger partial charge >= 0.3 is 0 Å². The number of halogens is 1. The maximum atomic E-state index is 13.6. The molecule has 0 saturated heterocycles. The molecule has 1 heterocycles. The molecule has 90 valence electrons. The Kier molecular flexibility index (Phi) is 3.54. The SMILES string of the molecule is CNC(Cc1ccccc1F)c1cnn(C)c1. The maximum Gasteiger partial charge on any atom is 0.126 e. The number of rotatable bonds is 4. The Morgan fingerprint density at radius 2 is 2.18 bits per heavy atom. The van der Waals surface area contributed by atoms with Crippen molar-refractivity contribution in [2.24, 2.45) is 7.05 Å². The van der Waals surface area contributed by atoms with Crippen molar-refractivity contribution in [1.29, 1.82) is 0 Å². The summed E-state index contributed by atoms with van der Waals surface area (Å²) in [5.74, 6) is -0.156. The number of likely N-dealkylation sites (N-methyl/N-ethyl adjacent to an activating group) is 1. The van der Waals surface area contributed by atoms with Crippen LogP contribution in [0, 0.1) is 5.82 Å². The molecule has 0 radical (unpaired) electrons. The third kappa shape index (κ3) is 2.71. The summed E-state index contributed by atoms with van der Waals surface area (Å²) in [5.41, 5.74) is 1.79. The van der Waals surface area contributed by atoms with E-state index in [1.807, 2.05) is 38.6 Å². The highest BCUT2D eigenvalue weighted by atomic mass is 19.1. The molecular formula is C13H16FN3. The first-order valence-corrected chi connectivity index (χ1v) is 5.60. The van der Waals surface area contributed by atoms with Crippen molar-refractivity contribution in [2.45, 2.75) is 12.5 Å². The molecule has 1 atom stereocenters. The average Bonchev–Trinajstić information content (AvgIpc) is 2.75. The molecule has 0 bridgehead atoms. The molecule has 4 heteroatoms. The van der Waals surface area contributed by atoms with E-state index in [9.17, 15) is 4.39 Å². The predicted octanol–water partition coefficient (Wildman–Crippen LogP) is 2.06. The number of aromatic nitrogens is 2.